The SMILES string of the molecule is Cc1cnc(N2CCN(S(=O)(=O)c3cccc(C(F)(F)F)c3)CC2)s1. The van der Waals surface area contributed by atoms with Gasteiger partial charge in [0.05, 0.1) is 10.5 Å². The zero-order chi connectivity index (χ0) is 18.2. The van der Waals surface area contributed by atoms with Crippen molar-refractivity contribution in [2.45, 2.75) is 18.0 Å². The smallest absolute Gasteiger partial charge is 0.345 e. The molecule has 0 spiro atoms. The molecule has 3 rings (SSSR count). The van der Waals surface area contributed by atoms with Gasteiger partial charge in [-0.3, -0.25) is 0 Å². The standard InChI is InChI=1S/C15H16F3N3O2S2/c1-11-10-19-14(24-11)20-5-7-21(8-6-20)25(22,23)13-4-2-3-12(9-13)15(16,17)18/h2-4,9-10H,5-8H2,1H3. The zero-order valence-electron chi connectivity index (χ0n) is 13.3. The first-order chi connectivity index (χ1) is 11.7. The molecule has 5 nitrogen and oxygen atoms in total. The summed E-state index contributed by atoms with van der Waals surface area (Å²) in [6.07, 6.45) is -2.82. The Morgan fingerprint density at radius 1 is 1.16 bits per heavy atom. The van der Waals surface area contributed by atoms with Gasteiger partial charge in [0.15, 0.2) is 5.13 Å². The lowest BCUT2D eigenvalue weighted by Gasteiger charge is -2.33. The summed E-state index contributed by atoms with van der Waals surface area (Å²) in [4.78, 5) is 6.99. The summed E-state index contributed by atoms with van der Waals surface area (Å²) < 4.78 is 65.0. The third-order valence-electron chi connectivity index (χ3n) is 3.92. The molecular weight excluding hydrogens is 375 g/mol. The second kappa shape index (κ2) is 6.58. The Labute approximate surface area is 147 Å². The molecule has 1 aromatic carbocycles. The largest absolute Gasteiger partial charge is 0.416 e. The summed E-state index contributed by atoms with van der Waals surface area (Å²) in [5, 5.41) is 0.827. The highest BCUT2D eigenvalue weighted by molar-refractivity contribution is 7.89. The second-order valence-corrected chi connectivity index (χ2v) is 8.82. The van der Waals surface area contributed by atoms with Gasteiger partial charge in [0.25, 0.3) is 0 Å². The molecule has 1 saturated heterocycles. The molecular formula is C15H16F3N3O2S2. The Hall–Kier alpha value is -1.65. The van der Waals surface area contributed by atoms with Crippen LogP contribution in [-0.2, 0) is 16.2 Å². The van der Waals surface area contributed by atoms with Crippen molar-refractivity contribution in [2.75, 3.05) is 31.1 Å². The monoisotopic (exact) mass is 391 g/mol. The molecule has 1 fully saturated rings. The number of hydrogen-bond donors (Lipinski definition) is 0. The Morgan fingerprint density at radius 3 is 2.40 bits per heavy atom. The van der Waals surface area contributed by atoms with E-state index in [2.05, 4.69) is 4.98 Å². The number of thiazole rings is 1. The third kappa shape index (κ3) is 3.80. The van der Waals surface area contributed by atoms with E-state index in [0.29, 0.717) is 19.2 Å². The van der Waals surface area contributed by atoms with Crippen LogP contribution < -0.4 is 4.90 Å². The number of piperazine rings is 1. The van der Waals surface area contributed by atoms with Crippen LogP contribution in [0.5, 0.6) is 0 Å². The average Bonchev–Trinajstić information content (AvgIpc) is 3.01. The quantitative estimate of drug-likeness (QED) is 0.807. The van der Waals surface area contributed by atoms with Crippen LogP contribution in [0.1, 0.15) is 10.4 Å². The van der Waals surface area contributed by atoms with E-state index in [-0.39, 0.29) is 18.0 Å². The van der Waals surface area contributed by atoms with Crippen LogP contribution in [0.4, 0.5) is 18.3 Å². The van der Waals surface area contributed by atoms with Crippen molar-refractivity contribution in [2.24, 2.45) is 0 Å². The summed E-state index contributed by atoms with van der Waals surface area (Å²) in [6, 6.07) is 3.86. The topological polar surface area (TPSA) is 53.5 Å². The van der Waals surface area contributed by atoms with E-state index in [9.17, 15) is 21.6 Å². The van der Waals surface area contributed by atoms with Crippen LogP contribution in [0.15, 0.2) is 35.4 Å². The minimum atomic E-state index is -4.58. The summed E-state index contributed by atoms with van der Waals surface area (Å²) in [5.74, 6) is 0. The summed E-state index contributed by atoms with van der Waals surface area (Å²) >= 11 is 1.53. The molecule has 10 heteroatoms. The highest BCUT2D eigenvalue weighted by Gasteiger charge is 2.34. The molecule has 1 aliphatic heterocycles. The number of alkyl halides is 3. The lowest BCUT2D eigenvalue weighted by Crippen LogP contribution is -2.48. The number of aryl methyl sites for hydroxylation is 1. The number of aromatic nitrogens is 1. The first kappa shape index (κ1) is 18.2. The van der Waals surface area contributed by atoms with Gasteiger partial charge >= 0.3 is 6.18 Å². The number of rotatable bonds is 3. The lowest BCUT2D eigenvalue weighted by molar-refractivity contribution is -0.137. The van der Waals surface area contributed by atoms with Crippen molar-refractivity contribution in [1.82, 2.24) is 9.29 Å². The maximum absolute atomic E-state index is 12.8. The number of nitrogens with zero attached hydrogens (tertiary/aromatic N) is 3. The number of anilines is 1. The summed E-state index contributed by atoms with van der Waals surface area (Å²) in [7, 11) is -3.96. The van der Waals surface area contributed by atoms with Gasteiger partial charge in [0, 0.05) is 37.3 Å². The van der Waals surface area contributed by atoms with E-state index in [1.807, 2.05) is 11.8 Å². The van der Waals surface area contributed by atoms with E-state index < -0.39 is 21.8 Å². The van der Waals surface area contributed by atoms with Gasteiger partial charge in [0.1, 0.15) is 0 Å². The Kier molecular flexibility index (Phi) is 4.78. The van der Waals surface area contributed by atoms with Crippen molar-refractivity contribution in [1.29, 1.82) is 0 Å². The first-order valence-corrected chi connectivity index (χ1v) is 9.78. The average molecular weight is 391 g/mol. The zero-order valence-corrected chi connectivity index (χ0v) is 15.0. The van der Waals surface area contributed by atoms with Gasteiger partial charge in [-0.25, -0.2) is 13.4 Å². The van der Waals surface area contributed by atoms with Crippen LogP contribution in [-0.4, -0.2) is 43.9 Å². The Morgan fingerprint density at radius 2 is 1.84 bits per heavy atom. The molecule has 0 amide bonds. The Balaban J connectivity index is 1.76. The van der Waals surface area contributed by atoms with Gasteiger partial charge in [-0.05, 0) is 25.1 Å². The van der Waals surface area contributed by atoms with E-state index >= 15 is 0 Å². The number of halogens is 3. The molecule has 0 unspecified atom stereocenters. The highest BCUT2D eigenvalue weighted by atomic mass is 32.2. The predicted molar refractivity (Wildman–Crippen MR) is 89.3 cm³/mol. The molecule has 136 valence electrons. The molecule has 1 aliphatic rings. The molecule has 2 heterocycles. The summed E-state index contributed by atoms with van der Waals surface area (Å²) in [6.45, 7) is 3.25. The van der Waals surface area contributed by atoms with Crippen molar-refractivity contribution in [3.8, 4) is 0 Å². The maximum atomic E-state index is 12.8. The molecule has 2 aromatic rings. The molecule has 0 saturated carbocycles. The first-order valence-electron chi connectivity index (χ1n) is 7.53. The fraction of sp³-hybridized carbons (Fsp3) is 0.400. The van der Waals surface area contributed by atoms with Crippen molar-refractivity contribution in [3.05, 3.63) is 40.9 Å². The van der Waals surface area contributed by atoms with Crippen molar-refractivity contribution < 1.29 is 21.6 Å². The molecule has 25 heavy (non-hydrogen) atoms. The van der Waals surface area contributed by atoms with Gasteiger partial charge < -0.3 is 4.90 Å². The van der Waals surface area contributed by atoms with E-state index in [4.69, 9.17) is 0 Å². The summed E-state index contributed by atoms with van der Waals surface area (Å²) in [5.41, 5.74) is -0.967. The predicted octanol–water partition coefficient (Wildman–Crippen LogP) is 2.98. The van der Waals surface area contributed by atoms with Gasteiger partial charge in [-0.15, -0.1) is 11.3 Å². The van der Waals surface area contributed by atoms with Gasteiger partial charge in [-0.1, -0.05) is 6.07 Å². The molecule has 0 bridgehead atoms. The van der Waals surface area contributed by atoms with Crippen LogP contribution in [0.3, 0.4) is 0 Å². The van der Waals surface area contributed by atoms with E-state index in [0.717, 1.165) is 22.1 Å². The number of sulfonamides is 1. The van der Waals surface area contributed by atoms with Gasteiger partial charge in [-0.2, -0.15) is 17.5 Å². The molecule has 0 atom stereocenters. The number of hydrogen-bond acceptors (Lipinski definition) is 5. The molecule has 0 aliphatic carbocycles. The maximum Gasteiger partial charge on any atom is 0.416 e. The molecule has 0 radical (unpaired) electrons. The highest BCUT2D eigenvalue weighted by Crippen LogP contribution is 2.31. The second-order valence-electron chi connectivity index (χ2n) is 5.67. The lowest BCUT2D eigenvalue weighted by atomic mass is 10.2. The van der Waals surface area contributed by atoms with Crippen molar-refractivity contribution in [3.63, 3.8) is 0 Å². The number of benzene rings is 1. The minimum Gasteiger partial charge on any atom is -0.345 e. The van der Waals surface area contributed by atoms with E-state index in [1.54, 1.807) is 6.20 Å². The minimum absolute atomic E-state index is 0.206. The van der Waals surface area contributed by atoms with Crippen molar-refractivity contribution >= 4 is 26.5 Å². The molecule has 1 aromatic heterocycles. The van der Waals surface area contributed by atoms with Crippen LogP contribution in [0, 0.1) is 6.92 Å². The fourth-order valence-electron chi connectivity index (χ4n) is 2.59. The molecule has 0 N–H and O–H groups in total. The third-order valence-corrected chi connectivity index (χ3v) is 6.79. The van der Waals surface area contributed by atoms with Crippen LogP contribution >= 0.6 is 11.3 Å². The van der Waals surface area contributed by atoms with Crippen LogP contribution in [0.25, 0.3) is 0 Å². The van der Waals surface area contributed by atoms with Gasteiger partial charge in [0.2, 0.25) is 10.0 Å². The van der Waals surface area contributed by atoms with E-state index in [1.165, 1.54) is 21.7 Å². The fourth-order valence-corrected chi connectivity index (χ4v) is 4.87. The Bertz CT molecular complexity index is 857. The normalized spacial score (nSPS) is 17.0. The van der Waals surface area contributed by atoms with Crippen LogP contribution in [0.2, 0.25) is 0 Å².